The lowest BCUT2D eigenvalue weighted by Crippen LogP contribution is -2.34. The molecule has 1 saturated heterocycles. The Morgan fingerprint density at radius 3 is 2.39 bits per heavy atom. The number of hydrogen-bond acceptors (Lipinski definition) is 4. The van der Waals surface area contributed by atoms with E-state index < -0.39 is 0 Å². The molecule has 23 heavy (non-hydrogen) atoms. The normalized spacial score (nSPS) is 15.5. The minimum atomic E-state index is -0.203. The SMILES string of the molecule is CC1CCN(c2ncc(C(=O)Nc3ccc(Br)cc3)cn2)CC1. The minimum absolute atomic E-state index is 0.203. The van der Waals surface area contributed by atoms with Crippen LogP contribution in [0.4, 0.5) is 11.6 Å². The zero-order valence-electron chi connectivity index (χ0n) is 13.0. The van der Waals surface area contributed by atoms with Crippen molar-refractivity contribution in [2.45, 2.75) is 19.8 Å². The third-order valence-corrected chi connectivity index (χ3v) is 4.60. The summed E-state index contributed by atoms with van der Waals surface area (Å²) < 4.78 is 0.971. The zero-order valence-corrected chi connectivity index (χ0v) is 14.6. The molecule has 3 rings (SSSR count). The van der Waals surface area contributed by atoms with Crippen molar-refractivity contribution in [1.29, 1.82) is 0 Å². The Morgan fingerprint density at radius 1 is 1.17 bits per heavy atom. The number of nitrogens with one attached hydrogen (secondary N) is 1. The van der Waals surface area contributed by atoms with E-state index in [1.165, 1.54) is 0 Å². The summed E-state index contributed by atoms with van der Waals surface area (Å²) in [5.41, 5.74) is 1.20. The lowest BCUT2D eigenvalue weighted by atomic mass is 10.00. The molecule has 0 spiro atoms. The minimum Gasteiger partial charge on any atom is -0.341 e. The molecule has 0 radical (unpaired) electrons. The van der Waals surface area contributed by atoms with E-state index in [0.717, 1.165) is 42.0 Å². The van der Waals surface area contributed by atoms with Gasteiger partial charge in [-0.2, -0.15) is 0 Å². The van der Waals surface area contributed by atoms with Crippen LogP contribution in [0.5, 0.6) is 0 Å². The van der Waals surface area contributed by atoms with Gasteiger partial charge in [-0.25, -0.2) is 9.97 Å². The summed E-state index contributed by atoms with van der Waals surface area (Å²) >= 11 is 3.37. The Labute approximate surface area is 144 Å². The van der Waals surface area contributed by atoms with Crippen molar-refractivity contribution in [3.63, 3.8) is 0 Å². The molecule has 0 aliphatic carbocycles. The van der Waals surface area contributed by atoms with Crippen LogP contribution in [-0.4, -0.2) is 29.0 Å². The van der Waals surface area contributed by atoms with Crippen molar-refractivity contribution in [3.05, 3.63) is 46.7 Å². The lowest BCUT2D eigenvalue weighted by molar-refractivity contribution is 0.102. The summed E-state index contributed by atoms with van der Waals surface area (Å²) in [7, 11) is 0. The second-order valence-electron chi connectivity index (χ2n) is 5.90. The van der Waals surface area contributed by atoms with Gasteiger partial charge in [-0.1, -0.05) is 22.9 Å². The summed E-state index contributed by atoms with van der Waals surface area (Å²) in [5, 5.41) is 2.84. The number of carbonyl (C=O) groups is 1. The van der Waals surface area contributed by atoms with E-state index in [0.29, 0.717) is 11.5 Å². The number of halogens is 1. The monoisotopic (exact) mass is 374 g/mol. The average molecular weight is 375 g/mol. The van der Waals surface area contributed by atoms with Gasteiger partial charge in [0.05, 0.1) is 5.56 Å². The van der Waals surface area contributed by atoms with Crippen LogP contribution in [0.1, 0.15) is 30.1 Å². The van der Waals surface area contributed by atoms with Gasteiger partial charge in [0.2, 0.25) is 5.95 Å². The van der Waals surface area contributed by atoms with Crippen LogP contribution in [0.25, 0.3) is 0 Å². The van der Waals surface area contributed by atoms with Crippen molar-refractivity contribution in [3.8, 4) is 0 Å². The van der Waals surface area contributed by atoms with E-state index in [4.69, 9.17) is 0 Å². The van der Waals surface area contributed by atoms with Gasteiger partial charge >= 0.3 is 0 Å². The number of aromatic nitrogens is 2. The molecule has 2 heterocycles. The number of amides is 1. The predicted molar refractivity (Wildman–Crippen MR) is 94.7 cm³/mol. The number of hydrogen-bond donors (Lipinski definition) is 1. The van der Waals surface area contributed by atoms with Crippen LogP contribution < -0.4 is 10.2 Å². The van der Waals surface area contributed by atoms with Crippen molar-refractivity contribution >= 4 is 33.5 Å². The molecule has 0 saturated carbocycles. The van der Waals surface area contributed by atoms with E-state index in [1.807, 2.05) is 24.3 Å². The smallest absolute Gasteiger partial charge is 0.258 e. The Hall–Kier alpha value is -1.95. The molecule has 5 nitrogen and oxygen atoms in total. The van der Waals surface area contributed by atoms with Crippen molar-refractivity contribution in [2.24, 2.45) is 5.92 Å². The van der Waals surface area contributed by atoms with Crippen molar-refractivity contribution < 1.29 is 4.79 Å². The number of benzene rings is 1. The van der Waals surface area contributed by atoms with Gasteiger partial charge in [0.15, 0.2) is 0 Å². The van der Waals surface area contributed by atoms with Crippen LogP contribution in [0.3, 0.4) is 0 Å². The van der Waals surface area contributed by atoms with Gasteiger partial charge in [-0.05, 0) is 43.0 Å². The molecule has 0 unspecified atom stereocenters. The standard InChI is InChI=1S/C17H19BrN4O/c1-12-6-8-22(9-7-12)17-19-10-13(11-20-17)16(23)21-15-4-2-14(18)3-5-15/h2-5,10-12H,6-9H2,1H3,(H,21,23). The Bertz CT molecular complexity index is 664. The molecule has 1 aromatic carbocycles. The lowest BCUT2D eigenvalue weighted by Gasteiger charge is -2.30. The highest BCUT2D eigenvalue weighted by Crippen LogP contribution is 2.20. The van der Waals surface area contributed by atoms with Crippen LogP contribution >= 0.6 is 15.9 Å². The van der Waals surface area contributed by atoms with E-state index >= 15 is 0 Å². The van der Waals surface area contributed by atoms with E-state index in [9.17, 15) is 4.79 Å². The summed E-state index contributed by atoms with van der Waals surface area (Å²) in [6.45, 7) is 4.23. The number of nitrogens with zero attached hydrogens (tertiary/aromatic N) is 3. The molecule has 1 N–H and O–H groups in total. The summed E-state index contributed by atoms with van der Waals surface area (Å²) in [6, 6.07) is 7.44. The highest BCUT2D eigenvalue weighted by atomic mass is 79.9. The molecule has 0 bridgehead atoms. The fraction of sp³-hybridized carbons (Fsp3) is 0.353. The van der Waals surface area contributed by atoms with Gasteiger partial charge in [-0.15, -0.1) is 0 Å². The first-order valence-corrected chi connectivity index (χ1v) is 8.55. The third kappa shape index (κ3) is 4.07. The van der Waals surface area contributed by atoms with Gasteiger partial charge in [0, 0.05) is 35.6 Å². The highest BCUT2D eigenvalue weighted by molar-refractivity contribution is 9.10. The number of anilines is 2. The first-order valence-electron chi connectivity index (χ1n) is 7.76. The maximum absolute atomic E-state index is 12.2. The molecule has 1 fully saturated rings. The first kappa shape index (κ1) is 15.9. The molecule has 1 aliphatic heterocycles. The molecular weight excluding hydrogens is 356 g/mol. The van der Waals surface area contributed by atoms with Gasteiger partial charge in [0.25, 0.3) is 5.91 Å². The molecule has 1 amide bonds. The molecule has 1 aromatic heterocycles. The highest BCUT2D eigenvalue weighted by Gasteiger charge is 2.18. The van der Waals surface area contributed by atoms with Gasteiger partial charge in [0.1, 0.15) is 0 Å². The van der Waals surface area contributed by atoms with E-state index in [2.05, 4.69) is 43.0 Å². The Kier molecular flexibility index (Phi) is 4.91. The average Bonchev–Trinajstić information content (AvgIpc) is 2.58. The molecule has 120 valence electrons. The number of piperidine rings is 1. The largest absolute Gasteiger partial charge is 0.341 e. The maximum atomic E-state index is 12.2. The third-order valence-electron chi connectivity index (χ3n) is 4.07. The van der Waals surface area contributed by atoms with Crippen LogP contribution in [0.15, 0.2) is 41.1 Å². The van der Waals surface area contributed by atoms with Crippen molar-refractivity contribution in [1.82, 2.24) is 9.97 Å². The van der Waals surface area contributed by atoms with Gasteiger partial charge in [-0.3, -0.25) is 4.79 Å². The fourth-order valence-corrected chi connectivity index (χ4v) is 2.81. The van der Waals surface area contributed by atoms with Crippen molar-refractivity contribution in [2.75, 3.05) is 23.3 Å². The van der Waals surface area contributed by atoms with Crippen LogP contribution in [0.2, 0.25) is 0 Å². The molecule has 1 aliphatic rings. The van der Waals surface area contributed by atoms with Crippen LogP contribution in [0, 0.1) is 5.92 Å². The van der Waals surface area contributed by atoms with E-state index in [-0.39, 0.29) is 5.91 Å². The second-order valence-corrected chi connectivity index (χ2v) is 6.82. The molecular formula is C17H19BrN4O. The Morgan fingerprint density at radius 2 is 1.78 bits per heavy atom. The van der Waals surface area contributed by atoms with Gasteiger partial charge < -0.3 is 10.2 Å². The maximum Gasteiger partial charge on any atom is 0.258 e. The van der Waals surface area contributed by atoms with E-state index in [1.54, 1.807) is 12.4 Å². The van der Waals surface area contributed by atoms with Crippen LogP contribution in [-0.2, 0) is 0 Å². The predicted octanol–water partition coefficient (Wildman–Crippen LogP) is 3.73. The zero-order chi connectivity index (χ0) is 16.2. The summed E-state index contributed by atoms with van der Waals surface area (Å²) in [5.74, 6) is 1.27. The first-order chi connectivity index (χ1) is 11.1. The summed E-state index contributed by atoms with van der Waals surface area (Å²) in [6.07, 6.45) is 5.51. The Balaban J connectivity index is 1.64. The summed E-state index contributed by atoms with van der Waals surface area (Å²) in [4.78, 5) is 23.1. The molecule has 6 heteroatoms. The second kappa shape index (κ2) is 7.08. The number of rotatable bonds is 3. The number of carbonyl (C=O) groups excluding carboxylic acids is 1. The topological polar surface area (TPSA) is 58.1 Å². The fourth-order valence-electron chi connectivity index (χ4n) is 2.55. The quantitative estimate of drug-likeness (QED) is 0.888. The molecule has 0 atom stereocenters. The molecule has 2 aromatic rings.